The first-order chi connectivity index (χ1) is 11.3. The summed E-state index contributed by atoms with van der Waals surface area (Å²) in [6, 6.07) is 8.47. The first-order valence-corrected chi connectivity index (χ1v) is 9.39. The van der Waals surface area contributed by atoms with Crippen LogP contribution in [0.5, 0.6) is 5.75 Å². The van der Waals surface area contributed by atoms with Crippen LogP contribution in [0.15, 0.2) is 24.3 Å². The number of carbonyl (C=O) groups is 1. The summed E-state index contributed by atoms with van der Waals surface area (Å²) in [5, 5.41) is 3.44. The fourth-order valence-electron chi connectivity index (χ4n) is 3.11. The van der Waals surface area contributed by atoms with Crippen molar-refractivity contribution in [2.75, 3.05) is 56.2 Å². The highest BCUT2D eigenvalue weighted by Gasteiger charge is 2.24. The van der Waals surface area contributed by atoms with E-state index in [1.807, 2.05) is 28.8 Å². The van der Waals surface area contributed by atoms with Gasteiger partial charge < -0.3 is 19.9 Å². The average molecular weight is 335 g/mol. The second-order valence-electron chi connectivity index (χ2n) is 6.00. The van der Waals surface area contributed by atoms with E-state index in [4.69, 9.17) is 4.74 Å². The maximum absolute atomic E-state index is 12.4. The number of nitrogens with zero attached hydrogens (tertiary/aromatic N) is 2. The van der Waals surface area contributed by atoms with Crippen LogP contribution < -0.4 is 15.0 Å². The minimum Gasteiger partial charge on any atom is -0.497 e. The lowest BCUT2D eigenvalue weighted by Crippen LogP contribution is -2.50. The van der Waals surface area contributed by atoms with Crippen LogP contribution in [0.4, 0.5) is 5.69 Å². The van der Waals surface area contributed by atoms with Gasteiger partial charge in [-0.15, -0.1) is 0 Å². The molecule has 1 amide bonds. The second kappa shape index (κ2) is 7.93. The summed E-state index contributed by atoms with van der Waals surface area (Å²) in [7, 11) is 1.69. The fraction of sp³-hybridized carbons (Fsp3) is 0.588. The lowest BCUT2D eigenvalue weighted by Gasteiger charge is -2.37. The molecule has 1 unspecified atom stereocenters. The molecule has 0 aromatic heterocycles. The maximum Gasteiger partial charge on any atom is 0.224 e. The minimum absolute atomic E-state index is 0.287. The Morgan fingerprint density at radius 3 is 2.87 bits per heavy atom. The molecule has 23 heavy (non-hydrogen) atoms. The van der Waals surface area contributed by atoms with E-state index in [9.17, 15) is 4.79 Å². The van der Waals surface area contributed by atoms with Crippen LogP contribution in [-0.2, 0) is 4.79 Å². The Morgan fingerprint density at radius 2 is 2.17 bits per heavy atom. The molecule has 3 rings (SSSR count). The van der Waals surface area contributed by atoms with Crippen LogP contribution in [0, 0.1) is 0 Å². The average Bonchev–Trinajstić information content (AvgIpc) is 2.63. The van der Waals surface area contributed by atoms with Crippen LogP contribution in [0.3, 0.4) is 0 Å². The van der Waals surface area contributed by atoms with E-state index >= 15 is 0 Å². The third-order valence-electron chi connectivity index (χ3n) is 4.47. The highest BCUT2D eigenvalue weighted by atomic mass is 32.2. The van der Waals surface area contributed by atoms with Gasteiger partial charge in [0.05, 0.1) is 7.11 Å². The number of methoxy groups -OCH3 is 1. The van der Waals surface area contributed by atoms with Crippen LogP contribution in [0.1, 0.15) is 6.42 Å². The SMILES string of the molecule is COc1cccc(N2CCN(C(=O)CC3CSCCN3)CC2)c1. The molecule has 2 heterocycles. The largest absolute Gasteiger partial charge is 0.497 e. The summed E-state index contributed by atoms with van der Waals surface area (Å²) in [5.41, 5.74) is 1.17. The van der Waals surface area contributed by atoms with Gasteiger partial charge in [0, 0.05) is 68.4 Å². The van der Waals surface area contributed by atoms with E-state index in [0.29, 0.717) is 12.5 Å². The topological polar surface area (TPSA) is 44.8 Å². The van der Waals surface area contributed by atoms with Crippen molar-refractivity contribution in [3.8, 4) is 5.75 Å². The van der Waals surface area contributed by atoms with Crippen molar-refractivity contribution in [1.82, 2.24) is 10.2 Å². The molecule has 2 aliphatic rings. The van der Waals surface area contributed by atoms with Gasteiger partial charge in [0.15, 0.2) is 0 Å². The molecule has 1 aromatic carbocycles. The number of hydrogen-bond donors (Lipinski definition) is 1. The monoisotopic (exact) mass is 335 g/mol. The van der Waals surface area contributed by atoms with Crippen molar-refractivity contribution >= 4 is 23.4 Å². The summed E-state index contributed by atoms with van der Waals surface area (Å²) >= 11 is 1.94. The third-order valence-corrected chi connectivity index (χ3v) is 5.60. The Balaban J connectivity index is 1.50. The van der Waals surface area contributed by atoms with Gasteiger partial charge in [0.1, 0.15) is 5.75 Å². The Morgan fingerprint density at radius 1 is 1.35 bits per heavy atom. The maximum atomic E-state index is 12.4. The van der Waals surface area contributed by atoms with Gasteiger partial charge in [-0.25, -0.2) is 0 Å². The van der Waals surface area contributed by atoms with E-state index in [0.717, 1.165) is 50.0 Å². The van der Waals surface area contributed by atoms with Crippen LogP contribution in [-0.4, -0.2) is 68.2 Å². The molecular weight excluding hydrogens is 310 g/mol. The van der Waals surface area contributed by atoms with E-state index < -0.39 is 0 Å². The standard InChI is InChI=1S/C17H25N3O2S/c1-22-16-4-2-3-15(12-16)19-6-8-20(9-7-19)17(21)11-14-13-23-10-5-18-14/h2-4,12,14,18H,5-11,13H2,1H3. The summed E-state index contributed by atoms with van der Waals surface area (Å²) in [6.07, 6.45) is 0.631. The van der Waals surface area contributed by atoms with Gasteiger partial charge in [-0.2, -0.15) is 11.8 Å². The van der Waals surface area contributed by atoms with Gasteiger partial charge in [-0.3, -0.25) is 4.79 Å². The number of anilines is 1. The lowest BCUT2D eigenvalue weighted by molar-refractivity contribution is -0.131. The van der Waals surface area contributed by atoms with Crippen LogP contribution >= 0.6 is 11.8 Å². The zero-order valence-corrected chi connectivity index (χ0v) is 14.5. The number of rotatable bonds is 4. The first-order valence-electron chi connectivity index (χ1n) is 8.24. The Hall–Kier alpha value is -1.40. The van der Waals surface area contributed by atoms with E-state index in [2.05, 4.69) is 22.3 Å². The number of amides is 1. The van der Waals surface area contributed by atoms with E-state index in [1.54, 1.807) is 7.11 Å². The van der Waals surface area contributed by atoms with Gasteiger partial charge in [-0.05, 0) is 12.1 Å². The van der Waals surface area contributed by atoms with Crippen molar-refractivity contribution < 1.29 is 9.53 Å². The van der Waals surface area contributed by atoms with E-state index in [1.165, 1.54) is 5.69 Å². The molecule has 126 valence electrons. The summed E-state index contributed by atoms with van der Waals surface area (Å²) < 4.78 is 5.29. The second-order valence-corrected chi connectivity index (χ2v) is 7.15. The molecule has 5 nitrogen and oxygen atoms in total. The van der Waals surface area contributed by atoms with Crippen LogP contribution in [0.25, 0.3) is 0 Å². The molecule has 0 saturated carbocycles. The molecular formula is C17H25N3O2S. The van der Waals surface area contributed by atoms with Crippen molar-refractivity contribution in [2.24, 2.45) is 0 Å². The third kappa shape index (κ3) is 4.32. The number of ether oxygens (including phenoxy) is 1. The molecule has 0 radical (unpaired) electrons. The highest BCUT2D eigenvalue weighted by molar-refractivity contribution is 7.99. The van der Waals surface area contributed by atoms with Crippen LogP contribution in [0.2, 0.25) is 0 Å². The zero-order chi connectivity index (χ0) is 16.1. The number of carbonyl (C=O) groups excluding carboxylic acids is 1. The summed E-state index contributed by atoms with van der Waals surface area (Å²) in [4.78, 5) is 16.8. The lowest BCUT2D eigenvalue weighted by atomic mass is 10.2. The smallest absolute Gasteiger partial charge is 0.224 e. The van der Waals surface area contributed by atoms with Crippen molar-refractivity contribution in [2.45, 2.75) is 12.5 Å². The molecule has 2 fully saturated rings. The molecule has 0 aliphatic carbocycles. The normalized spacial score (nSPS) is 22.0. The van der Waals surface area contributed by atoms with Crippen molar-refractivity contribution in [3.05, 3.63) is 24.3 Å². The fourth-order valence-corrected chi connectivity index (χ4v) is 4.06. The number of hydrogen-bond acceptors (Lipinski definition) is 5. The van der Waals surface area contributed by atoms with E-state index in [-0.39, 0.29) is 5.91 Å². The Bertz CT molecular complexity index is 526. The first kappa shape index (κ1) is 16.5. The molecule has 1 atom stereocenters. The molecule has 2 aliphatic heterocycles. The minimum atomic E-state index is 0.287. The van der Waals surface area contributed by atoms with Gasteiger partial charge in [0.2, 0.25) is 5.91 Å². The quantitative estimate of drug-likeness (QED) is 0.902. The molecule has 2 saturated heterocycles. The number of benzene rings is 1. The molecule has 0 spiro atoms. The predicted molar refractivity (Wildman–Crippen MR) is 95.5 cm³/mol. The molecule has 1 aromatic rings. The summed E-state index contributed by atoms with van der Waals surface area (Å²) in [5.74, 6) is 3.37. The van der Waals surface area contributed by atoms with Gasteiger partial charge in [-0.1, -0.05) is 6.07 Å². The number of piperazine rings is 1. The van der Waals surface area contributed by atoms with Gasteiger partial charge >= 0.3 is 0 Å². The van der Waals surface area contributed by atoms with Crippen molar-refractivity contribution in [3.63, 3.8) is 0 Å². The van der Waals surface area contributed by atoms with Gasteiger partial charge in [0.25, 0.3) is 0 Å². The number of thioether (sulfide) groups is 1. The Labute approximate surface area is 142 Å². The Kier molecular flexibility index (Phi) is 5.67. The molecule has 0 bridgehead atoms. The zero-order valence-electron chi connectivity index (χ0n) is 13.7. The number of nitrogens with one attached hydrogen (secondary N) is 1. The molecule has 1 N–H and O–H groups in total. The summed E-state index contributed by atoms with van der Waals surface area (Å²) in [6.45, 7) is 4.38. The highest BCUT2D eigenvalue weighted by Crippen LogP contribution is 2.22. The molecule has 6 heteroatoms. The predicted octanol–water partition coefficient (Wildman–Crippen LogP) is 1.44. The van der Waals surface area contributed by atoms with Crippen molar-refractivity contribution in [1.29, 1.82) is 0 Å².